The summed E-state index contributed by atoms with van der Waals surface area (Å²) in [6, 6.07) is 20.7. The second-order valence-electron chi connectivity index (χ2n) is 7.81. The topological polar surface area (TPSA) is 39.7 Å². The second-order valence-corrected chi connectivity index (χ2v) is 8.75. The average Bonchev–Trinajstić information content (AvgIpc) is 3.24. The molecule has 156 valence electrons. The number of amides is 1. The van der Waals surface area contributed by atoms with Gasteiger partial charge in [0, 0.05) is 51.7 Å². The zero-order valence-electron chi connectivity index (χ0n) is 17.4. The lowest BCUT2D eigenvalue weighted by molar-refractivity contribution is 0.0779. The van der Waals surface area contributed by atoms with Crippen LogP contribution >= 0.6 is 11.3 Å². The number of benzene rings is 2. The number of piperazine rings is 1. The van der Waals surface area contributed by atoms with E-state index in [0.717, 1.165) is 49.8 Å². The highest BCUT2D eigenvalue weighted by molar-refractivity contribution is 7.09. The van der Waals surface area contributed by atoms with Gasteiger partial charge in [-0.05, 0) is 11.1 Å². The van der Waals surface area contributed by atoms with Crippen molar-refractivity contribution in [2.24, 2.45) is 0 Å². The van der Waals surface area contributed by atoms with Crippen LogP contribution in [0.4, 0.5) is 0 Å². The lowest BCUT2D eigenvalue weighted by atomic mass is 10.2. The van der Waals surface area contributed by atoms with Gasteiger partial charge in [0.15, 0.2) is 0 Å². The van der Waals surface area contributed by atoms with Crippen LogP contribution in [0.15, 0.2) is 66.0 Å². The van der Waals surface area contributed by atoms with Gasteiger partial charge in [-0.3, -0.25) is 14.6 Å². The smallest absolute Gasteiger partial charge is 0.273 e. The van der Waals surface area contributed by atoms with Crippen LogP contribution in [0.1, 0.15) is 26.6 Å². The molecule has 0 radical (unpaired) electrons. The van der Waals surface area contributed by atoms with Crippen molar-refractivity contribution < 1.29 is 4.79 Å². The highest BCUT2D eigenvalue weighted by Crippen LogP contribution is 2.17. The summed E-state index contributed by atoms with van der Waals surface area (Å²) < 4.78 is 0. The maximum Gasteiger partial charge on any atom is 0.273 e. The highest BCUT2D eigenvalue weighted by atomic mass is 32.1. The van der Waals surface area contributed by atoms with Gasteiger partial charge in [-0.25, -0.2) is 4.98 Å². The van der Waals surface area contributed by atoms with Gasteiger partial charge in [-0.15, -0.1) is 11.3 Å². The molecule has 1 saturated heterocycles. The Morgan fingerprint density at radius 2 is 1.47 bits per heavy atom. The fraction of sp³-hybridized carbons (Fsp3) is 0.333. The molecule has 0 bridgehead atoms. The molecular weight excluding hydrogens is 392 g/mol. The Morgan fingerprint density at radius 1 is 0.900 bits per heavy atom. The zero-order chi connectivity index (χ0) is 20.8. The molecular formula is C24H28N4OS. The number of rotatable bonds is 7. The van der Waals surface area contributed by atoms with Crippen LogP contribution in [0.5, 0.6) is 0 Å². The fourth-order valence-electron chi connectivity index (χ4n) is 3.74. The molecule has 6 heteroatoms. The molecule has 2 heterocycles. The molecule has 1 amide bonds. The number of aromatic nitrogens is 1. The van der Waals surface area contributed by atoms with Gasteiger partial charge < -0.3 is 4.90 Å². The standard InChI is InChI=1S/C24H28N4OS/c1-26(16-20-8-4-2-5-9-20)24(29)22-19-30-23(25-22)18-28-14-12-27(13-15-28)17-21-10-6-3-7-11-21/h2-11,19H,12-18H2,1H3. The number of carbonyl (C=O) groups excluding carboxylic acids is 1. The third-order valence-corrected chi connectivity index (χ3v) is 6.29. The van der Waals surface area contributed by atoms with Crippen molar-refractivity contribution >= 4 is 17.2 Å². The van der Waals surface area contributed by atoms with E-state index >= 15 is 0 Å². The Balaban J connectivity index is 1.26. The minimum Gasteiger partial charge on any atom is -0.336 e. The summed E-state index contributed by atoms with van der Waals surface area (Å²) in [6.07, 6.45) is 0. The summed E-state index contributed by atoms with van der Waals surface area (Å²) >= 11 is 1.58. The van der Waals surface area contributed by atoms with Crippen molar-refractivity contribution in [3.63, 3.8) is 0 Å². The molecule has 0 aliphatic carbocycles. The number of nitrogens with zero attached hydrogens (tertiary/aromatic N) is 4. The molecule has 3 aromatic rings. The monoisotopic (exact) mass is 420 g/mol. The van der Waals surface area contributed by atoms with Gasteiger partial charge in [-0.1, -0.05) is 60.7 Å². The van der Waals surface area contributed by atoms with Crippen LogP contribution in [0.3, 0.4) is 0 Å². The summed E-state index contributed by atoms with van der Waals surface area (Å²) in [7, 11) is 1.83. The van der Waals surface area contributed by atoms with Crippen molar-refractivity contribution in [1.82, 2.24) is 19.7 Å². The molecule has 0 N–H and O–H groups in total. The van der Waals surface area contributed by atoms with Crippen molar-refractivity contribution in [1.29, 1.82) is 0 Å². The first-order valence-corrected chi connectivity index (χ1v) is 11.3. The molecule has 1 aromatic heterocycles. The molecule has 4 rings (SSSR count). The molecule has 1 aliphatic rings. The summed E-state index contributed by atoms with van der Waals surface area (Å²) in [4.78, 5) is 24.0. The van der Waals surface area contributed by atoms with Crippen molar-refractivity contribution in [2.45, 2.75) is 19.6 Å². The summed E-state index contributed by atoms with van der Waals surface area (Å²) in [5, 5.41) is 2.91. The van der Waals surface area contributed by atoms with E-state index in [-0.39, 0.29) is 5.91 Å². The number of thiazole rings is 1. The lowest BCUT2D eigenvalue weighted by Crippen LogP contribution is -2.45. The predicted molar refractivity (Wildman–Crippen MR) is 121 cm³/mol. The summed E-state index contributed by atoms with van der Waals surface area (Å²) in [5.74, 6) is -0.0194. The summed E-state index contributed by atoms with van der Waals surface area (Å²) in [6.45, 7) is 6.61. The third-order valence-electron chi connectivity index (χ3n) is 5.45. The third kappa shape index (κ3) is 5.53. The van der Waals surface area contributed by atoms with Gasteiger partial charge >= 0.3 is 0 Å². The maximum absolute atomic E-state index is 12.7. The molecule has 5 nitrogen and oxygen atoms in total. The van der Waals surface area contributed by atoms with E-state index in [9.17, 15) is 4.79 Å². The second kappa shape index (κ2) is 9.98. The molecule has 1 fully saturated rings. The van der Waals surface area contributed by atoms with E-state index < -0.39 is 0 Å². The maximum atomic E-state index is 12.7. The Bertz CT molecular complexity index is 936. The minimum absolute atomic E-state index is 0.0194. The van der Waals surface area contributed by atoms with E-state index in [4.69, 9.17) is 0 Å². The van der Waals surface area contributed by atoms with E-state index in [1.807, 2.05) is 42.8 Å². The van der Waals surface area contributed by atoms with E-state index in [1.165, 1.54) is 5.56 Å². The average molecular weight is 421 g/mol. The normalized spacial score (nSPS) is 15.2. The number of hydrogen-bond donors (Lipinski definition) is 0. The van der Waals surface area contributed by atoms with Crippen LogP contribution in [0.25, 0.3) is 0 Å². The first-order chi connectivity index (χ1) is 14.7. The van der Waals surface area contributed by atoms with Gasteiger partial charge in [0.05, 0.1) is 6.54 Å². The Hall–Kier alpha value is -2.54. The molecule has 0 unspecified atom stereocenters. The molecule has 2 aromatic carbocycles. The zero-order valence-corrected chi connectivity index (χ0v) is 18.2. The highest BCUT2D eigenvalue weighted by Gasteiger charge is 2.20. The van der Waals surface area contributed by atoms with Crippen LogP contribution < -0.4 is 0 Å². The molecule has 0 saturated carbocycles. The van der Waals surface area contributed by atoms with Crippen LogP contribution in [0, 0.1) is 0 Å². The fourth-order valence-corrected chi connectivity index (χ4v) is 4.55. The van der Waals surface area contributed by atoms with Gasteiger partial charge in [0.2, 0.25) is 0 Å². The number of carbonyl (C=O) groups is 1. The van der Waals surface area contributed by atoms with Crippen molar-refractivity contribution in [3.05, 3.63) is 87.9 Å². The van der Waals surface area contributed by atoms with E-state index in [1.54, 1.807) is 16.2 Å². The van der Waals surface area contributed by atoms with Crippen LogP contribution in [0.2, 0.25) is 0 Å². The minimum atomic E-state index is -0.0194. The van der Waals surface area contributed by atoms with E-state index in [0.29, 0.717) is 12.2 Å². The summed E-state index contributed by atoms with van der Waals surface area (Å²) in [5.41, 5.74) is 3.04. The quantitative estimate of drug-likeness (QED) is 0.584. The molecule has 0 spiro atoms. The van der Waals surface area contributed by atoms with Gasteiger partial charge in [-0.2, -0.15) is 0 Å². The van der Waals surface area contributed by atoms with Gasteiger partial charge in [0.1, 0.15) is 10.7 Å². The van der Waals surface area contributed by atoms with Crippen molar-refractivity contribution in [3.8, 4) is 0 Å². The molecule has 0 atom stereocenters. The number of hydrogen-bond acceptors (Lipinski definition) is 5. The first-order valence-electron chi connectivity index (χ1n) is 10.4. The van der Waals surface area contributed by atoms with Crippen LogP contribution in [-0.2, 0) is 19.6 Å². The Labute approximate surface area is 182 Å². The van der Waals surface area contributed by atoms with Gasteiger partial charge in [0.25, 0.3) is 5.91 Å². The Morgan fingerprint density at radius 3 is 2.10 bits per heavy atom. The largest absolute Gasteiger partial charge is 0.336 e. The van der Waals surface area contributed by atoms with Crippen molar-refractivity contribution in [2.75, 3.05) is 33.2 Å². The van der Waals surface area contributed by atoms with Crippen LogP contribution in [-0.4, -0.2) is 58.8 Å². The lowest BCUT2D eigenvalue weighted by Gasteiger charge is -2.34. The predicted octanol–water partition coefficient (Wildman–Crippen LogP) is 3.73. The van der Waals surface area contributed by atoms with E-state index in [2.05, 4.69) is 45.1 Å². The molecule has 30 heavy (non-hydrogen) atoms. The SMILES string of the molecule is CN(Cc1ccccc1)C(=O)c1csc(CN2CCN(Cc3ccccc3)CC2)n1. The Kier molecular flexibility index (Phi) is 6.89. The first kappa shape index (κ1) is 20.7. The molecule has 1 aliphatic heterocycles.